The van der Waals surface area contributed by atoms with Crippen molar-refractivity contribution in [2.45, 2.75) is 157 Å². The van der Waals surface area contributed by atoms with Gasteiger partial charge in [-0.2, -0.15) is 0 Å². The van der Waals surface area contributed by atoms with Crippen molar-refractivity contribution < 1.29 is 0 Å². The molecule has 0 aromatic heterocycles. The van der Waals surface area contributed by atoms with E-state index in [0.717, 1.165) is 19.0 Å². The molecule has 0 aromatic carbocycles. The van der Waals surface area contributed by atoms with Crippen molar-refractivity contribution in [1.29, 1.82) is 0 Å². The Balaban J connectivity index is 4.87. The predicted octanol–water partition coefficient (Wildman–Crippen LogP) is 7.40. The quantitative estimate of drug-likeness (QED) is 0.193. The van der Waals surface area contributed by atoms with Gasteiger partial charge >= 0.3 is 0 Å². The van der Waals surface area contributed by atoms with Crippen LogP contribution in [0.2, 0.25) is 0 Å². The lowest BCUT2D eigenvalue weighted by Crippen LogP contribution is -2.57. The fourth-order valence-corrected chi connectivity index (χ4v) is 4.82. The van der Waals surface area contributed by atoms with Crippen molar-refractivity contribution in [2.24, 2.45) is 5.92 Å². The zero-order chi connectivity index (χ0) is 23.9. The summed E-state index contributed by atoms with van der Waals surface area (Å²) in [6.45, 7) is 27.2. The molecule has 188 valence electrons. The Morgan fingerprint density at radius 3 is 1.84 bits per heavy atom. The second-order valence-electron chi connectivity index (χ2n) is 11.6. The lowest BCUT2D eigenvalue weighted by Gasteiger charge is -2.49. The minimum atomic E-state index is 0.215. The molecule has 0 rings (SSSR count). The van der Waals surface area contributed by atoms with Gasteiger partial charge in [-0.05, 0) is 85.9 Å². The second-order valence-corrected chi connectivity index (χ2v) is 11.6. The molecule has 3 nitrogen and oxygen atoms in total. The van der Waals surface area contributed by atoms with Crippen molar-refractivity contribution in [3.05, 3.63) is 0 Å². The molecular weight excluding hydrogens is 378 g/mol. The zero-order valence-electron chi connectivity index (χ0n) is 23.4. The third-order valence-corrected chi connectivity index (χ3v) is 7.42. The Morgan fingerprint density at radius 1 is 0.677 bits per heavy atom. The summed E-state index contributed by atoms with van der Waals surface area (Å²) in [4.78, 5) is 2.85. The fraction of sp³-hybridized carbons (Fsp3) is 1.00. The number of unbranched alkanes of at least 4 members (excludes halogenated alkanes) is 5. The minimum absolute atomic E-state index is 0.215. The summed E-state index contributed by atoms with van der Waals surface area (Å²) in [6, 6.07) is 1.18. The third kappa shape index (κ3) is 13.9. The molecule has 31 heavy (non-hydrogen) atoms. The van der Waals surface area contributed by atoms with Gasteiger partial charge in [-0.3, -0.25) is 4.90 Å². The Morgan fingerprint density at radius 2 is 1.26 bits per heavy atom. The maximum absolute atomic E-state index is 3.77. The second kappa shape index (κ2) is 16.5. The molecule has 0 saturated carbocycles. The highest BCUT2D eigenvalue weighted by atomic mass is 15.2. The topological polar surface area (TPSA) is 27.3 Å². The van der Waals surface area contributed by atoms with Gasteiger partial charge in [-0.15, -0.1) is 0 Å². The summed E-state index contributed by atoms with van der Waals surface area (Å²) in [5.74, 6) is 0.754. The molecule has 0 aliphatic heterocycles. The van der Waals surface area contributed by atoms with Crippen molar-refractivity contribution in [1.82, 2.24) is 15.5 Å². The molecule has 2 N–H and O–H groups in total. The average molecular weight is 440 g/mol. The zero-order valence-corrected chi connectivity index (χ0v) is 23.4. The third-order valence-electron chi connectivity index (χ3n) is 7.42. The van der Waals surface area contributed by atoms with Gasteiger partial charge in [-0.1, -0.05) is 73.1 Å². The Hall–Kier alpha value is -0.120. The Labute approximate surface area is 197 Å². The van der Waals surface area contributed by atoms with Crippen molar-refractivity contribution >= 4 is 0 Å². The van der Waals surface area contributed by atoms with E-state index in [2.05, 4.69) is 84.8 Å². The molecule has 0 radical (unpaired) electrons. The predicted molar refractivity (Wildman–Crippen MR) is 142 cm³/mol. The van der Waals surface area contributed by atoms with E-state index in [0.29, 0.717) is 12.1 Å². The van der Waals surface area contributed by atoms with E-state index in [1.54, 1.807) is 0 Å². The van der Waals surface area contributed by atoms with Crippen LogP contribution in [0.5, 0.6) is 0 Å². The molecule has 0 fully saturated rings. The summed E-state index contributed by atoms with van der Waals surface area (Å²) in [6.07, 6.45) is 13.2. The summed E-state index contributed by atoms with van der Waals surface area (Å²) >= 11 is 0. The van der Waals surface area contributed by atoms with Crippen LogP contribution in [0.3, 0.4) is 0 Å². The highest BCUT2D eigenvalue weighted by molar-refractivity contribution is 4.93. The van der Waals surface area contributed by atoms with Crippen molar-refractivity contribution in [2.75, 3.05) is 19.6 Å². The van der Waals surface area contributed by atoms with E-state index in [-0.39, 0.29) is 11.1 Å². The lowest BCUT2D eigenvalue weighted by atomic mass is 9.86. The average Bonchev–Trinajstić information content (AvgIpc) is 2.68. The van der Waals surface area contributed by atoms with Crippen LogP contribution in [0.25, 0.3) is 0 Å². The van der Waals surface area contributed by atoms with Gasteiger partial charge in [0.25, 0.3) is 0 Å². The van der Waals surface area contributed by atoms with Crippen molar-refractivity contribution in [3.63, 3.8) is 0 Å². The number of hydrogen-bond acceptors (Lipinski definition) is 3. The summed E-state index contributed by atoms with van der Waals surface area (Å²) < 4.78 is 0. The smallest absolute Gasteiger partial charge is 0.0170 e. The van der Waals surface area contributed by atoms with Crippen LogP contribution in [0, 0.1) is 5.92 Å². The summed E-state index contributed by atoms with van der Waals surface area (Å²) in [7, 11) is 0. The van der Waals surface area contributed by atoms with Gasteiger partial charge in [0.2, 0.25) is 0 Å². The van der Waals surface area contributed by atoms with Crippen LogP contribution in [-0.4, -0.2) is 47.7 Å². The molecule has 0 aromatic rings. The van der Waals surface area contributed by atoms with E-state index in [1.807, 2.05) is 0 Å². The van der Waals surface area contributed by atoms with Gasteiger partial charge in [0.1, 0.15) is 0 Å². The molecule has 0 bridgehead atoms. The molecular formula is C28H61N3. The highest BCUT2D eigenvalue weighted by Crippen LogP contribution is 2.32. The lowest BCUT2D eigenvalue weighted by molar-refractivity contribution is 0.00321. The molecule has 2 atom stereocenters. The largest absolute Gasteiger partial charge is 0.314 e. The van der Waals surface area contributed by atoms with Gasteiger partial charge < -0.3 is 10.6 Å². The maximum atomic E-state index is 3.77. The maximum Gasteiger partial charge on any atom is 0.0170 e. The van der Waals surface area contributed by atoms with E-state index in [1.165, 1.54) is 70.8 Å². The van der Waals surface area contributed by atoms with Crippen LogP contribution >= 0.6 is 0 Å². The van der Waals surface area contributed by atoms with Gasteiger partial charge in [0.05, 0.1) is 0 Å². The van der Waals surface area contributed by atoms with Crippen LogP contribution in [0.15, 0.2) is 0 Å². The normalized spacial score (nSPS) is 15.1. The number of hydrogen-bond donors (Lipinski definition) is 2. The molecule has 3 heteroatoms. The first-order valence-corrected chi connectivity index (χ1v) is 13.7. The van der Waals surface area contributed by atoms with E-state index in [4.69, 9.17) is 0 Å². The number of nitrogens with zero attached hydrogens (tertiary/aromatic N) is 1. The summed E-state index contributed by atoms with van der Waals surface area (Å²) in [5.41, 5.74) is 0.443. The van der Waals surface area contributed by atoms with E-state index < -0.39 is 0 Å². The molecule has 0 heterocycles. The van der Waals surface area contributed by atoms with Gasteiger partial charge in [-0.25, -0.2) is 0 Å². The first-order chi connectivity index (χ1) is 14.5. The Kier molecular flexibility index (Phi) is 16.4. The first-order valence-electron chi connectivity index (χ1n) is 13.7. The van der Waals surface area contributed by atoms with E-state index >= 15 is 0 Å². The molecule has 2 unspecified atom stereocenters. The molecule has 0 aliphatic rings. The molecule has 0 spiro atoms. The molecule has 0 amide bonds. The minimum Gasteiger partial charge on any atom is -0.314 e. The van der Waals surface area contributed by atoms with Gasteiger partial charge in [0, 0.05) is 23.2 Å². The van der Waals surface area contributed by atoms with Crippen LogP contribution < -0.4 is 10.6 Å². The number of nitrogens with one attached hydrogen (secondary N) is 2. The molecule has 0 saturated heterocycles. The highest BCUT2D eigenvalue weighted by Gasteiger charge is 2.36. The fourth-order valence-electron chi connectivity index (χ4n) is 4.82. The van der Waals surface area contributed by atoms with Gasteiger partial charge in [0.15, 0.2) is 0 Å². The van der Waals surface area contributed by atoms with Crippen LogP contribution in [0.1, 0.15) is 133 Å². The van der Waals surface area contributed by atoms with E-state index in [9.17, 15) is 0 Å². The summed E-state index contributed by atoms with van der Waals surface area (Å²) in [5, 5.41) is 7.42. The Bertz CT molecular complexity index is 416. The standard InChI is InChI=1S/C28H61N3/c1-11-13-14-15-16-17-23-31(28(9,10)20-22-29-24(3)4)27(7,8)19-18-21-30-26(6)25(5)12-2/h24-26,29-30H,11-23H2,1-10H3. The van der Waals surface area contributed by atoms with Crippen LogP contribution in [0.4, 0.5) is 0 Å². The van der Waals surface area contributed by atoms with Crippen LogP contribution in [-0.2, 0) is 0 Å². The number of rotatable bonds is 20. The first kappa shape index (κ1) is 30.9. The SMILES string of the molecule is CCCCCCCCN(C(C)(C)CCCNC(C)C(C)CC)C(C)(C)CCNC(C)C. The monoisotopic (exact) mass is 439 g/mol. The molecule has 0 aliphatic carbocycles. The van der Waals surface area contributed by atoms with Crippen molar-refractivity contribution in [3.8, 4) is 0 Å².